The van der Waals surface area contributed by atoms with Crippen molar-refractivity contribution in [3.63, 3.8) is 0 Å². The third kappa shape index (κ3) is 5.45. The van der Waals surface area contributed by atoms with Crippen molar-refractivity contribution in [3.05, 3.63) is 101 Å². The molecule has 0 spiro atoms. The molecule has 1 fully saturated rings. The highest BCUT2D eigenvalue weighted by atomic mass is 35.5. The van der Waals surface area contributed by atoms with E-state index in [0.29, 0.717) is 35.3 Å². The third-order valence-electron chi connectivity index (χ3n) is 6.27. The van der Waals surface area contributed by atoms with Gasteiger partial charge in [-0.15, -0.1) is 0 Å². The molecule has 2 heterocycles. The molecule has 1 atom stereocenters. The molecule has 0 aliphatic carbocycles. The number of hydrogen-bond donors (Lipinski definition) is 0. The van der Waals surface area contributed by atoms with Crippen molar-refractivity contribution in [2.45, 2.75) is 25.5 Å². The first-order valence-electron chi connectivity index (χ1n) is 12.1. The van der Waals surface area contributed by atoms with E-state index < -0.39 is 0 Å². The van der Waals surface area contributed by atoms with Crippen molar-refractivity contribution >= 4 is 17.5 Å². The van der Waals surface area contributed by atoms with Gasteiger partial charge in [0.15, 0.2) is 0 Å². The number of aryl methyl sites for hydroxylation is 1. The molecule has 1 amide bonds. The number of nitrogens with zero attached hydrogens (tertiary/aromatic N) is 3. The molecule has 1 aliphatic rings. The minimum atomic E-state index is -0.0873. The SMILES string of the molecule is Cn1nc(-c2ccccc2)c(CN(CC2CCCO2)C(=O)c2ccc(Cl)cc2)c1Oc1ccccc1. The van der Waals surface area contributed by atoms with Gasteiger partial charge in [0.2, 0.25) is 5.88 Å². The smallest absolute Gasteiger partial charge is 0.254 e. The van der Waals surface area contributed by atoms with Gasteiger partial charge in [0.05, 0.1) is 18.2 Å². The van der Waals surface area contributed by atoms with Gasteiger partial charge in [0.25, 0.3) is 5.91 Å². The number of aromatic nitrogens is 2. The molecule has 0 saturated carbocycles. The fourth-order valence-corrected chi connectivity index (χ4v) is 4.60. The van der Waals surface area contributed by atoms with Crippen molar-refractivity contribution < 1.29 is 14.3 Å². The summed E-state index contributed by atoms with van der Waals surface area (Å²) in [6, 6.07) is 26.6. The van der Waals surface area contributed by atoms with Crippen LogP contribution in [-0.4, -0.2) is 39.8 Å². The highest BCUT2D eigenvalue weighted by molar-refractivity contribution is 6.30. The van der Waals surface area contributed by atoms with Gasteiger partial charge in [0.1, 0.15) is 11.4 Å². The van der Waals surface area contributed by atoms with E-state index in [-0.39, 0.29) is 12.0 Å². The van der Waals surface area contributed by atoms with Crippen molar-refractivity contribution in [1.29, 1.82) is 0 Å². The first-order chi connectivity index (χ1) is 17.6. The normalized spacial score (nSPS) is 15.1. The van der Waals surface area contributed by atoms with E-state index in [1.54, 1.807) is 28.9 Å². The van der Waals surface area contributed by atoms with Gasteiger partial charge in [-0.3, -0.25) is 4.79 Å². The molecule has 4 aromatic rings. The largest absolute Gasteiger partial charge is 0.439 e. The van der Waals surface area contributed by atoms with Crippen molar-refractivity contribution in [2.24, 2.45) is 7.05 Å². The Morgan fingerprint density at radius 3 is 2.42 bits per heavy atom. The number of carbonyl (C=O) groups is 1. The molecule has 1 saturated heterocycles. The summed E-state index contributed by atoms with van der Waals surface area (Å²) in [6.45, 7) is 1.52. The van der Waals surface area contributed by atoms with Crippen LogP contribution < -0.4 is 4.74 Å². The summed E-state index contributed by atoms with van der Waals surface area (Å²) < 4.78 is 14.0. The van der Waals surface area contributed by atoms with Crippen LogP contribution in [0.1, 0.15) is 28.8 Å². The molecule has 1 aromatic heterocycles. The van der Waals surface area contributed by atoms with E-state index in [0.717, 1.165) is 36.3 Å². The zero-order valence-corrected chi connectivity index (χ0v) is 20.9. The predicted molar refractivity (Wildman–Crippen MR) is 140 cm³/mol. The molecular weight excluding hydrogens is 474 g/mol. The topological polar surface area (TPSA) is 56.6 Å². The van der Waals surface area contributed by atoms with Crippen molar-refractivity contribution in [2.75, 3.05) is 13.2 Å². The molecule has 36 heavy (non-hydrogen) atoms. The Balaban J connectivity index is 1.55. The monoisotopic (exact) mass is 501 g/mol. The van der Waals surface area contributed by atoms with Crippen LogP contribution in [0.15, 0.2) is 84.9 Å². The fraction of sp³-hybridized carbons (Fsp3) is 0.241. The second-order valence-corrected chi connectivity index (χ2v) is 9.30. The van der Waals surface area contributed by atoms with E-state index in [1.165, 1.54) is 0 Å². The van der Waals surface area contributed by atoms with Crippen LogP contribution in [0.3, 0.4) is 0 Å². The molecule has 6 nitrogen and oxygen atoms in total. The lowest BCUT2D eigenvalue weighted by Crippen LogP contribution is -2.37. The lowest BCUT2D eigenvalue weighted by atomic mass is 10.1. The van der Waals surface area contributed by atoms with Crippen molar-refractivity contribution in [1.82, 2.24) is 14.7 Å². The van der Waals surface area contributed by atoms with Crippen LogP contribution in [0.4, 0.5) is 0 Å². The van der Waals surface area contributed by atoms with E-state index in [2.05, 4.69) is 0 Å². The lowest BCUT2D eigenvalue weighted by molar-refractivity contribution is 0.0506. The van der Waals surface area contributed by atoms with E-state index in [9.17, 15) is 4.79 Å². The Bertz CT molecular complexity index is 1300. The Kier molecular flexibility index (Phi) is 7.35. The quantitative estimate of drug-likeness (QED) is 0.282. The average molecular weight is 502 g/mol. The minimum absolute atomic E-state index is 0.00316. The number of hydrogen-bond acceptors (Lipinski definition) is 4. The average Bonchev–Trinajstić information content (AvgIpc) is 3.53. The number of carbonyl (C=O) groups excluding carboxylic acids is 1. The standard InChI is InChI=1S/C29H28ClN3O3/c1-32-29(36-24-11-6-3-7-12-24)26(27(31-32)21-9-4-2-5-10-21)20-33(19-25-13-8-18-35-25)28(34)22-14-16-23(30)17-15-22/h2-7,9-12,14-17,25H,8,13,18-20H2,1H3. The molecule has 3 aromatic carbocycles. The van der Waals surface area contributed by atoms with Gasteiger partial charge in [-0.25, -0.2) is 4.68 Å². The van der Waals surface area contributed by atoms with E-state index >= 15 is 0 Å². The van der Waals surface area contributed by atoms with E-state index in [1.807, 2.05) is 72.6 Å². The maximum atomic E-state index is 13.7. The van der Waals surface area contributed by atoms with Crippen LogP contribution in [0.25, 0.3) is 11.3 Å². The number of para-hydroxylation sites is 1. The second-order valence-electron chi connectivity index (χ2n) is 8.86. The van der Waals surface area contributed by atoms with Crippen LogP contribution in [-0.2, 0) is 18.3 Å². The zero-order valence-electron chi connectivity index (χ0n) is 20.1. The Hall–Kier alpha value is -3.61. The van der Waals surface area contributed by atoms with Gasteiger partial charge in [-0.1, -0.05) is 60.1 Å². The fourth-order valence-electron chi connectivity index (χ4n) is 4.47. The molecule has 0 N–H and O–H groups in total. The van der Waals surface area contributed by atoms with Gasteiger partial charge < -0.3 is 14.4 Å². The molecule has 0 bridgehead atoms. The van der Waals surface area contributed by atoms with Crippen LogP contribution >= 0.6 is 11.6 Å². The van der Waals surface area contributed by atoms with Gasteiger partial charge >= 0.3 is 0 Å². The summed E-state index contributed by atoms with van der Waals surface area (Å²) in [6.07, 6.45) is 1.92. The van der Waals surface area contributed by atoms with Gasteiger partial charge in [-0.05, 0) is 49.2 Å². The summed E-state index contributed by atoms with van der Waals surface area (Å²) in [4.78, 5) is 15.6. The number of rotatable bonds is 8. The maximum absolute atomic E-state index is 13.7. The molecule has 184 valence electrons. The first-order valence-corrected chi connectivity index (χ1v) is 12.5. The summed E-state index contributed by atoms with van der Waals surface area (Å²) >= 11 is 6.08. The van der Waals surface area contributed by atoms with Crippen molar-refractivity contribution in [3.8, 4) is 22.9 Å². The number of amides is 1. The maximum Gasteiger partial charge on any atom is 0.254 e. The van der Waals surface area contributed by atoms with Crippen LogP contribution in [0.5, 0.6) is 11.6 Å². The molecular formula is C29H28ClN3O3. The molecule has 5 rings (SSSR count). The van der Waals surface area contributed by atoms with E-state index in [4.69, 9.17) is 26.2 Å². The zero-order chi connectivity index (χ0) is 24.9. The Morgan fingerprint density at radius 2 is 1.75 bits per heavy atom. The summed E-state index contributed by atoms with van der Waals surface area (Å²) in [7, 11) is 1.86. The van der Waals surface area contributed by atoms with Gasteiger partial charge in [-0.2, -0.15) is 5.10 Å². The Labute approximate surface area is 216 Å². The highest BCUT2D eigenvalue weighted by Gasteiger charge is 2.28. The third-order valence-corrected chi connectivity index (χ3v) is 6.52. The lowest BCUT2D eigenvalue weighted by Gasteiger charge is -2.26. The summed E-state index contributed by atoms with van der Waals surface area (Å²) in [5.41, 5.74) is 3.16. The van der Waals surface area contributed by atoms with Gasteiger partial charge in [0, 0.05) is 36.3 Å². The molecule has 1 aliphatic heterocycles. The van der Waals surface area contributed by atoms with Crippen LogP contribution in [0.2, 0.25) is 5.02 Å². The number of benzene rings is 3. The molecule has 0 radical (unpaired) electrons. The molecule has 7 heteroatoms. The number of halogens is 1. The highest BCUT2D eigenvalue weighted by Crippen LogP contribution is 2.34. The number of ether oxygens (including phenoxy) is 2. The predicted octanol–water partition coefficient (Wildman–Crippen LogP) is 6.35. The molecule has 1 unspecified atom stereocenters. The van der Waals surface area contributed by atoms with Crippen LogP contribution in [0, 0.1) is 0 Å². The first kappa shape index (κ1) is 24.1. The minimum Gasteiger partial charge on any atom is -0.439 e. The summed E-state index contributed by atoms with van der Waals surface area (Å²) in [5.74, 6) is 1.22. The second kappa shape index (κ2) is 11.0. The Morgan fingerprint density at radius 1 is 1.06 bits per heavy atom. The summed E-state index contributed by atoms with van der Waals surface area (Å²) in [5, 5.41) is 5.40.